The lowest BCUT2D eigenvalue weighted by Gasteiger charge is -2.35. The molecule has 1 aliphatic rings. The summed E-state index contributed by atoms with van der Waals surface area (Å²) in [6.07, 6.45) is 3.14. The van der Waals surface area contributed by atoms with Gasteiger partial charge in [-0.1, -0.05) is 11.6 Å². The van der Waals surface area contributed by atoms with Crippen LogP contribution in [0.2, 0.25) is 5.15 Å². The Bertz CT molecular complexity index is 630. The summed E-state index contributed by atoms with van der Waals surface area (Å²) in [6.45, 7) is 7.41. The van der Waals surface area contributed by atoms with Crippen LogP contribution in [0.25, 0.3) is 0 Å². The maximum atomic E-state index is 12.5. The van der Waals surface area contributed by atoms with Gasteiger partial charge in [0.05, 0.1) is 5.56 Å². The van der Waals surface area contributed by atoms with Crippen LogP contribution in [-0.4, -0.2) is 59.1 Å². The summed E-state index contributed by atoms with van der Waals surface area (Å²) in [7, 11) is 1.75. The predicted molar refractivity (Wildman–Crippen MR) is 96.7 cm³/mol. The number of pyridine rings is 1. The molecule has 6 nitrogen and oxygen atoms in total. The molecule has 138 valence electrons. The summed E-state index contributed by atoms with van der Waals surface area (Å²) in [4.78, 5) is 32.1. The standard InChI is InChI=1S/C18H26ClN3O3/c1-18(2,3)25-17(24)22-10-6-7-13(12-22)11-21(4)16(23)14-8-5-9-20-15(14)19/h5,8-9,13H,6-7,10-12H2,1-4H3/t13-/m1/s1. The third kappa shape index (κ3) is 5.59. The van der Waals surface area contributed by atoms with Gasteiger partial charge in [0.1, 0.15) is 10.8 Å². The second-order valence-corrected chi connectivity index (χ2v) is 7.82. The lowest BCUT2D eigenvalue weighted by Crippen LogP contribution is -2.45. The van der Waals surface area contributed by atoms with E-state index in [1.807, 2.05) is 20.8 Å². The minimum atomic E-state index is -0.506. The van der Waals surface area contributed by atoms with E-state index >= 15 is 0 Å². The molecule has 2 rings (SSSR count). The fourth-order valence-corrected chi connectivity index (χ4v) is 3.13. The maximum absolute atomic E-state index is 12.5. The lowest BCUT2D eigenvalue weighted by molar-refractivity contribution is 0.0151. The molecule has 25 heavy (non-hydrogen) atoms. The van der Waals surface area contributed by atoms with Crippen molar-refractivity contribution in [1.29, 1.82) is 0 Å². The van der Waals surface area contributed by atoms with Crippen LogP contribution in [0, 0.1) is 5.92 Å². The Hall–Kier alpha value is -1.82. The highest BCUT2D eigenvalue weighted by Gasteiger charge is 2.29. The van der Waals surface area contributed by atoms with Crippen LogP contribution in [0.4, 0.5) is 4.79 Å². The average molecular weight is 368 g/mol. The van der Waals surface area contributed by atoms with Crippen LogP contribution in [0.1, 0.15) is 44.0 Å². The molecule has 1 aliphatic heterocycles. The Kier molecular flexibility index (Phi) is 6.27. The van der Waals surface area contributed by atoms with E-state index in [-0.39, 0.29) is 23.1 Å². The molecule has 1 fully saturated rings. The number of rotatable bonds is 3. The molecule has 0 saturated carbocycles. The smallest absolute Gasteiger partial charge is 0.410 e. The monoisotopic (exact) mass is 367 g/mol. The van der Waals surface area contributed by atoms with Gasteiger partial charge in [-0.25, -0.2) is 9.78 Å². The van der Waals surface area contributed by atoms with Crippen molar-refractivity contribution in [2.75, 3.05) is 26.7 Å². The zero-order chi connectivity index (χ0) is 18.6. The minimum absolute atomic E-state index is 0.160. The molecule has 0 aliphatic carbocycles. The van der Waals surface area contributed by atoms with Crippen molar-refractivity contribution in [3.63, 3.8) is 0 Å². The quantitative estimate of drug-likeness (QED) is 0.767. The van der Waals surface area contributed by atoms with Crippen LogP contribution in [0.15, 0.2) is 18.3 Å². The van der Waals surface area contributed by atoms with E-state index in [0.29, 0.717) is 25.2 Å². The van der Waals surface area contributed by atoms with Crippen molar-refractivity contribution in [3.8, 4) is 0 Å². The van der Waals surface area contributed by atoms with Crippen LogP contribution >= 0.6 is 11.6 Å². The zero-order valence-electron chi connectivity index (χ0n) is 15.3. The fraction of sp³-hybridized carbons (Fsp3) is 0.611. The van der Waals surface area contributed by atoms with Gasteiger partial charge in [0, 0.05) is 32.9 Å². The normalized spacial score (nSPS) is 18.0. The number of aromatic nitrogens is 1. The average Bonchev–Trinajstić information content (AvgIpc) is 2.53. The van der Waals surface area contributed by atoms with Crippen molar-refractivity contribution in [3.05, 3.63) is 29.0 Å². The highest BCUT2D eigenvalue weighted by molar-refractivity contribution is 6.32. The summed E-state index contributed by atoms with van der Waals surface area (Å²) in [5, 5.41) is 0.207. The van der Waals surface area contributed by atoms with Gasteiger partial charge in [-0.3, -0.25) is 4.79 Å². The summed E-state index contributed by atoms with van der Waals surface area (Å²) >= 11 is 6.00. The van der Waals surface area contributed by atoms with Gasteiger partial charge < -0.3 is 14.5 Å². The van der Waals surface area contributed by atoms with Crippen molar-refractivity contribution < 1.29 is 14.3 Å². The number of hydrogen-bond acceptors (Lipinski definition) is 4. The van der Waals surface area contributed by atoms with Crippen molar-refractivity contribution in [2.24, 2.45) is 5.92 Å². The molecule has 0 spiro atoms. The molecule has 0 bridgehead atoms. The van der Waals surface area contributed by atoms with E-state index < -0.39 is 5.60 Å². The highest BCUT2D eigenvalue weighted by atomic mass is 35.5. The van der Waals surface area contributed by atoms with Gasteiger partial charge in [0.25, 0.3) is 5.91 Å². The molecule has 2 heterocycles. The van der Waals surface area contributed by atoms with Gasteiger partial charge in [0.15, 0.2) is 0 Å². The number of carbonyl (C=O) groups is 2. The Labute approximate surface area is 154 Å². The minimum Gasteiger partial charge on any atom is -0.444 e. The Morgan fingerprint density at radius 1 is 1.44 bits per heavy atom. The van der Waals surface area contributed by atoms with Gasteiger partial charge in [-0.05, 0) is 51.7 Å². The molecule has 0 radical (unpaired) electrons. The van der Waals surface area contributed by atoms with Gasteiger partial charge in [-0.2, -0.15) is 0 Å². The highest BCUT2D eigenvalue weighted by Crippen LogP contribution is 2.21. The third-order valence-corrected chi connectivity index (χ3v) is 4.34. The number of amides is 2. The zero-order valence-corrected chi connectivity index (χ0v) is 16.0. The first-order valence-corrected chi connectivity index (χ1v) is 8.89. The summed E-state index contributed by atoms with van der Waals surface area (Å²) in [5.41, 5.74) is -0.111. The molecule has 0 unspecified atom stereocenters. The van der Waals surface area contributed by atoms with E-state index in [1.54, 1.807) is 35.2 Å². The van der Waals surface area contributed by atoms with Crippen LogP contribution in [0.3, 0.4) is 0 Å². The lowest BCUT2D eigenvalue weighted by atomic mass is 9.97. The van der Waals surface area contributed by atoms with Crippen LogP contribution in [-0.2, 0) is 4.74 Å². The van der Waals surface area contributed by atoms with E-state index in [4.69, 9.17) is 16.3 Å². The molecular weight excluding hydrogens is 342 g/mol. The number of likely N-dealkylation sites (tertiary alicyclic amines) is 1. The van der Waals surface area contributed by atoms with Crippen molar-refractivity contribution in [1.82, 2.24) is 14.8 Å². The summed E-state index contributed by atoms with van der Waals surface area (Å²) in [6, 6.07) is 3.36. The second kappa shape index (κ2) is 8.04. The first-order valence-electron chi connectivity index (χ1n) is 8.51. The van der Waals surface area contributed by atoms with E-state index in [0.717, 1.165) is 12.8 Å². The predicted octanol–water partition coefficient (Wildman–Crippen LogP) is 3.45. The van der Waals surface area contributed by atoms with E-state index in [1.165, 1.54) is 0 Å². The number of nitrogens with zero attached hydrogens (tertiary/aromatic N) is 3. The Morgan fingerprint density at radius 2 is 2.16 bits per heavy atom. The molecule has 7 heteroatoms. The SMILES string of the molecule is CN(C[C@H]1CCCN(C(=O)OC(C)(C)C)C1)C(=O)c1cccnc1Cl. The number of ether oxygens (including phenoxy) is 1. The number of piperidine rings is 1. The molecule has 1 aromatic rings. The molecule has 1 saturated heterocycles. The van der Waals surface area contributed by atoms with Gasteiger partial charge in [-0.15, -0.1) is 0 Å². The van der Waals surface area contributed by atoms with Gasteiger partial charge in [0.2, 0.25) is 0 Å². The number of hydrogen-bond donors (Lipinski definition) is 0. The molecular formula is C18H26ClN3O3. The van der Waals surface area contributed by atoms with Crippen LogP contribution < -0.4 is 0 Å². The second-order valence-electron chi connectivity index (χ2n) is 7.46. The van der Waals surface area contributed by atoms with Crippen molar-refractivity contribution in [2.45, 2.75) is 39.2 Å². The molecule has 0 N–H and O–H groups in total. The fourth-order valence-electron chi connectivity index (χ4n) is 2.93. The summed E-state index contributed by atoms with van der Waals surface area (Å²) in [5.74, 6) is 0.0538. The Morgan fingerprint density at radius 3 is 2.80 bits per heavy atom. The largest absolute Gasteiger partial charge is 0.444 e. The Balaban J connectivity index is 1.94. The van der Waals surface area contributed by atoms with E-state index in [2.05, 4.69) is 4.98 Å². The number of halogens is 1. The van der Waals surface area contributed by atoms with Crippen molar-refractivity contribution >= 4 is 23.6 Å². The first kappa shape index (κ1) is 19.5. The first-order chi connectivity index (χ1) is 11.7. The van der Waals surface area contributed by atoms with Crippen LogP contribution in [0.5, 0.6) is 0 Å². The molecule has 0 aromatic carbocycles. The molecule has 1 atom stereocenters. The topological polar surface area (TPSA) is 62.7 Å². The molecule has 1 aromatic heterocycles. The third-order valence-electron chi connectivity index (χ3n) is 4.04. The number of carbonyl (C=O) groups excluding carboxylic acids is 2. The van der Waals surface area contributed by atoms with Gasteiger partial charge >= 0.3 is 6.09 Å². The van der Waals surface area contributed by atoms with E-state index in [9.17, 15) is 9.59 Å². The molecule has 2 amide bonds. The summed E-state index contributed by atoms with van der Waals surface area (Å²) < 4.78 is 5.44. The maximum Gasteiger partial charge on any atom is 0.410 e.